The maximum Gasteiger partial charge on any atom is 0.335 e. The highest BCUT2D eigenvalue weighted by atomic mass is 35.5. The lowest BCUT2D eigenvalue weighted by molar-refractivity contribution is -0.927. The van der Waals surface area contributed by atoms with E-state index >= 15 is 0 Å². The van der Waals surface area contributed by atoms with Gasteiger partial charge in [-0.1, -0.05) is 115 Å². The fourth-order valence-corrected chi connectivity index (χ4v) is 3.65. The highest BCUT2D eigenvalue weighted by molar-refractivity contribution is 5.87. The zero-order chi connectivity index (χ0) is 26.7. The lowest BCUT2D eigenvalue weighted by Gasteiger charge is -2.36. The molecule has 4 N–H and O–H groups in total. The summed E-state index contributed by atoms with van der Waals surface area (Å²) in [7, 11) is 0. The number of likely N-dealkylation sites (N-methyl/N-ethyl adjacent to an activating group) is 1. The molecule has 7 heteroatoms. The lowest BCUT2D eigenvalue weighted by atomic mass is 9.98. The van der Waals surface area contributed by atoms with E-state index in [2.05, 4.69) is 58.0 Å². The van der Waals surface area contributed by atoms with Crippen molar-refractivity contribution < 1.29 is 42.1 Å². The first-order chi connectivity index (χ1) is 16.7. The van der Waals surface area contributed by atoms with E-state index in [1.54, 1.807) is 12.1 Å². The number of aliphatic hydroxyl groups excluding tert-OH is 3. The van der Waals surface area contributed by atoms with Gasteiger partial charge in [-0.25, -0.2) is 4.79 Å². The largest absolute Gasteiger partial charge is 1.00 e. The fourth-order valence-electron chi connectivity index (χ4n) is 3.65. The van der Waals surface area contributed by atoms with Gasteiger partial charge in [-0.05, 0) is 54.9 Å². The molecule has 0 radical (unpaired) electrons. The number of carbonyl (C=O) groups is 1. The molecule has 42 heavy (non-hydrogen) atoms. The van der Waals surface area contributed by atoms with Crippen molar-refractivity contribution in [2.45, 2.75) is 104 Å². The smallest absolute Gasteiger partial charge is 0.335 e. The zero-order valence-electron chi connectivity index (χ0n) is 22.7. The molecular weight excluding hydrogens is 550 g/mol. The van der Waals surface area contributed by atoms with Gasteiger partial charge < -0.3 is 37.3 Å². The number of carboxylic acids is 1. The standard InChI is InChI=1S/C11H14O2.C10H14.C8H20NO3.6CH4.ClH/c1-3-8(2)9-4-6-10(7-5-9)11(12)13;1-3-9(2)10-7-5-4-6-8-10;1-2-9(3-6-10,4-7-11)5-8-12;;;;;;;/h4-8H,3H2,1-2H3,(H,12,13);4-9H,3H2,1-2H3;10-12H,2-8H2,1H3;6*1H4;1H/q;;+1;;;;;;;/p-1. The van der Waals surface area contributed by atoms with Crippen LogP contribution in [0.1, 0.15) is 125 Å². The number of halogens is 1. The quantitative estimate of drug-likeness (QED) is 0.227. The molecule has 0 saturated heterocycles. The van der Waals surface area contributed by atoms with Crippen molar-refractivity contribution in [2.24, 2.45) is 0 Å². The number of hydrogen-bond acceptors (Lipinski definition) is 4. The van der Waals surface area contributed by atoms with Crippen LogP contribution in [-0.4, -0.2) is 76.9 Å². The molecule has 0 aliphatic rings. The third-order valence-electron chi connectivity index (χ3n) is 6.71. The van der Waals surface area contributed by atoms with Crippen molar-refractivity contribution in [3.05, 3.63) is 71.3 Å². The van der Waals surface area contributed by atoms with Crippen LogP contribution in [0.25, 0.3) is 0 Å². The summed E-state index contributed by atoms with van der Waals surface area (Å²) < 4.78 is 0.601. The van der Waals surface area contributed by atoms with Crippen LogP contribution in [0, 0.1) is 0 Å². The van der Waals surface area contributed by atoms with Crippen LogP contribution in [0.4, 0.5) is 0 Å². The van der Waals surface area contributed by atoms with E-state index in [4.69, 9.17) is 20.4 Å². The molecule has 0 bridgehead atoms. The van der Waals surface area contributed by atoms with Gasteiger partial charge in [-0.15, -0.1) is 0 Å². The van der Waals surface area contributed by atoms with Gasteiger partial charge in [0.25, 0.3) is 0 Å². The Kier molecular flexibility index (Phi) is 49.9. The van der Waals surface area contributed by atoms with Gasteiger partial charge in [0.05, 0.1) is 31.9 Å². The number of rotatable bonds is 12. The highest BCUT2D eigenvalue weighted by Gasteiger charge is 2.22. The molecule has 0 spiro atoms. The zero-order valence-corrected chi connectivity index (χ0v) is 23.5. The SMILES string of the molecule is C.C.C.C.C.C.CCC(C)c1ccc(C(=O)O)cc1.CCC(C)c1ccccc1.CC[N+](CCO)(CCO)CCO.[Cl-]. The minimum atomic E-state index is -0.865. The number of hydrogen-bond donors (Lipinski definition) is 4. The topological polar surface area (TPSA) is 98.0 Å². The average molecular weight is 622 g/mol. The average Bonchev–Trinajstić information content (AvgIpc) is 2.89. The molecule has 0 heterocycles. The third kappa shape index (κ3) is 23.6. The molecule has 0 aliphatic carbocycles. The third-order valence-corrected chi connectivity index (χ3v) is 6.71. The highest BCUT2D eigenvalue weighted by Crippen LogP contribution is 2.19. The van der Waals surface area contributed by atoms with Crippen LogP contribution < -0.4 is 12.4 Å². The Hall–Kier alpha value is -1.96. The van der Waals surface area contributed by atoms with Crippen molar-refractivity contribution in [2.75, 3.05) is 46.0 Å². The second kappa shape index (κ2) is 35.2. The van der Waals surface area contributed by atoms with Gasteiger partial charge in [-0.3, -0.25) is 0 Å². The van der Waals surface area contributed by atoms with Gasteiger partial charge in [0, 0.05) is 0 Å². The first-order valence-corrected chi connectivity index (χ1v) is 12.8. The van der Waals surface area contributed by atoms with Crippen LogP contribution in [0.3, 0.4) is 0 Å². The minimum Gasteiger partial charge on any atom is -1.00 e. The Balaban J connectivity index is -0.0000000639. The molecule has 2 atom stereocenters. The molecule has 2 rings (SSSR count). The van der Waals surface area contributed by atoms with E-state index in [-0.39, 0.29) is 76.8 Å². The second-order valence-electron chi connectivity index (χ2n) is 8.96. The van der Waals surface area contributed by atoms with Crippen molar-refractivity contribution in [3.63, 3.8) is 0 Å². The first-order valence-electron chi connectivity index (χ1n) is 12.8. The molecule has 0 fully saturated rings. The Bertz CT molecular complexity index is 771. The van der Waals surface area contributed by atoms with E-state index in [1.165, 1.54) is 17.5 Å². The molecular formula is C35H72ClNO5. The van der Waals surface area contributed by atoms with E-state index in [9.17, 15) is 4.79 Å². The summed E-state index contributed by atoms with van der Waals surface area (Å²) in [6.07, 6.45) is 2.30. The number of nitrogens with zero attached hydrogens (tertiary/aromatic N) is 1. The summed E-state index contributed by atoms with van der Waals surface area (Å²) in [6.45, 7) is 13.7. The number of benzene rings is 2. The van der Waals surface area contributed by atoms with Crippen LogP contribution in [0.15, 0.2) is 54.6 Å². The maximum absolute atomic E-state index is 10.6. The fraction of sp³-hybridized carbons (Fsp3) is 0.629. The Labute approximate surface area is 268 Å². The summed E-state index contributed by atoms with van der Waals surface area (Å²) >= 11 is 0. The van der Waals surface area contributed by atoms with Crippen LogP contribution >= 0.6 is 0 Å². The second-order valence-corrected chi connectivity index (χ2v) is 8.96. The normalized spacial score (nSPS) is 10.4. The van der Waals surface area contributed by atoms with Crippen LogP contribution in [0.5, 0.6) is 0 Å². The summed E-state index contributed by atoms with van der Waals surface area (Å²) in [5.41, 5.74) is 3.00. The molecule has 0 aromatic heterocycles. The molecule has 254 valence electrons. The monoisotopic (exact) mass is 622 g/mol. The van der Waals surface area contributed by atoms with Crippen molar-refractivity contribution in [3.8, 4) is 0 Å². The van der Waals surface area contributed by atoms with Crippen molar-refractivity contribution in [1.82, 2.24) is 0 Å². The number of quaternary nitrogens is 1. The van der Waals surface area contributed by atoms with Crippen LogP contribution in [-0.2, 0) is 0 Å². The van der Waals surface area contributed by atoms with Gasteiger partial charge in [0.1, 0.15) is 19.6 Å². The van der Waals surface area contributed by atoms with E-state index < -0.39 is 5.97 Å². The molecule has 6 nitrogen and oxygen atoms in total. The molecule has 0 aliphatic heterocycles. The molecule has 2 aromatic rings. The molecule has 2 unspecified atom stereocenters. The van der Waals surface area contributed by atoms with E-state index in [0.29, 0.717) is 41.5 Å². The minimum absolute atomic E-state index is 0. The summed E-state index contributed by atoms with van der Waals surface area (Å²) in [5.74, 6) is 0.347. The molecule has 0 saturated carbocycles. The predicted molar refractivity (Wildman–Crippen MR) is 184 cm³/mol. The summed E-state index contributed by atoms with van der Waals surface area (Å²) in [4.78, 5) is 10.6. The van der Waals surface area contributed by atoms with E-state index in [0.717, 1.165) is 13.0 Å². The summed E-state index contributed by atoms with van der Waals surface area (Å²) in [5, 5.41) is 35.1. The van der Waals surface area contributed by atoms with Gasteiger partial charge in [0.2, 0.25) is 0 Å². The lowest BCUT2D eigenvalue weighted by Crippen LogP contribution is -3.00. The van der Waals surface area contributed by atoms with Gasteiger partial charge >= 0.3 is 5.97 Å². The number of aromatic carboxylic acids is 1. The Morgan fingerprint density at radius 2 is 0.976 bits per heavy atom. The Morgan fingerprint density at radius 3 is 1.24 bits per heavy atom. The van der Waals surface area contributed by atoms with Crippen molar-refractivity contribution >= 4 is 5.97 Å². The predicted octanol–water partition coefficient (Wildman–Crippen LogP) is 5.72. The Morgan fingerprint density at radius 1 is 0.643 bits per heavy atom. The number of aliphatic hydroxyl groups is 3. The van der Waals surface area contributed by atoms with Crippen LogP contribution in [0.2, 0.25) is 0 Å². The molecule has 0 amide bonds. The van der Waals surface area contributed by atoms with E-state index in [1.807, 2.05) is 19.1 Å². The van der Waals surface area contributed by atoms with Gasteiger partial charge in [0.15, 0.2) is 0 Å². The maximum atomic E-state index is 10.6. The molecule has 2 aromatic carbocycles. The summed E-state index contributed by atoms with van der Waals surface area (Å²) in [6, 6.07) is 17.7. The van der Waals surface area contributed by atoms with Crippen molar-refractivity contribution in [1.29, 1.82) is 0 Å². The van der Waals surface area contributed by atoms with Gasteiger partial charge in [-0.2, -0.15) is 0 Å². The number of carboxylic acid groups (broad SMARTS) is 1. The first kappa shape index (κ1) is 59.4.